The third-order valence-corrected chi connectivity index (χ3v) is 3.98. The predicted octanol–water partition coefficient (Wildman–Crippen LogP) is 3.37. The van der Waals surface area contributed by atoms with Crippen LogP contribution < -0.4 is 5.84 Å². The molecule has 0 aliphatic heterocycles. The van der Waals surface area contributed by atoms with Crippen LogP contribution in [0.25, 0.3) is 0 Å². The summed E-state index contributed by atoms with van der Waals surface area (Å²) in [5.41, 5.74) is 3.26. The van der Waals surface area contributed by atoms with Crippen LogP contribution >= 0.6 is 22.6 Å². The summed E-state index contributed by atoms with van der Waals surface area (Å²) < 4.78 is 0.159. The van der Waals surface area contributed by atoms with Gasteiger partial charge in [0.1, 0.15) is 0 Å². The molecule has 0 heterocycles. The van der Waals surface area contributed by atoms with Crippen molar-refractivity contribution in [3.05, 3.63) is 71.8 Å². The maximum Gasteiger partial charge on any atom is 0.0865 e. The van der Waals surface area contributed by atoms with Crippen LogP contribution in [0.15, 0.2) is 65.8 Å². The summed E-state index contributed by atoms with van der Waals surface area (Å²) in [7, 11) is 1.73. The Morgan fingerprint density at radius 2 is 1.58 bits per heavy atom. The first-order valence-corrected chi connectivity index (χ1v) is 7.24. The summed E-state index contributed by atoms with van der Waals surface area (Å²) in [6.45, 7) is 0. The van der Waals surface area contributed by atoms with E-state index in [1.165, 1.54) is 10.7 Å². The Hall–Kier alpha value is -1.40. The lowest BCUT2D eigenvalue weighted by Crippen LogP contribution is -2.23. The van der Waals surface area contributed by atoms with E-state index in [1.54, 1.807) is 7.05 Å². The SMILES string of the molecule is CN(N)/N=C(/c1ccccc1)C(I)c1ccccc1. The lowest BCUT2D eigenvalue weighted by atomic mass is 10.0. The van der Waals surface area contributed by atoms with Gasteiger partial charge in [-0.3, -0.25) is 0 Å². The quantitative estimate of drug-likeness (QED) is 0.297. The number of halogens is 1. The Morgan fingerprint density at radius 3 is 2.11 bits per heavy atom. The molecule has 0 fully saturated rings. The number of benzene rings is 2. The highest BCUT2D eigenvalue weighted by Gasteiger charge is 2.17. The molecule has 1 atom stereocenters. The smallest absolute Gasteiger partial charge is 0.0865 e. The minimum atomic E-state index is 0.159. The molecule has 19 heavy (non-hydrogen) atoms. The van der Waals surface area contributed by atoms with Gasteiger partial charge >= 0.3 is 0 Å². The maximum atomic E-state index is 5.69. The molecule has 0 radical (unpaired) electrons. The minimum absolute atomic E-state index is 0.159. The fraction of sp³-hybridized carbons (Fsp3) is 0.133. The molecule has 2 aromatic carbocycles. The van der Waals surface area contributed by atoms with Crippen molar-refractivity contribution in [3.63, 3.8) is 0 Å². The normalized spacial score (nSPS) is 13.1. The minimum Gasteiger partial charge on any atom is -0.235 e. The highest BCUT2D eigenvalue weighted by Crippen LogP contribution is 2.28. The molecule has 4 heteroatoms. The first kappa shape index (κ1) is 14.0. The Bertz CT molecular complexity index is 538. The number of alkyl halides is 1. The largest absolute Gasteiger partial charge is 0.235 e. The van der Waals surface area contributed by atoms with Gasteiger partial charge < -0.3 is 0 Å². The monoisotopic (exact) mass is 365 g/mol. The topological polar surface area (TPSA) is 41.6 Å². The third-order valence-electron chi connectivity index (χ3n) is 2.67. The van der Waals surface area contributed by atoms with Gasteiger partial charge in [0.25, 0.3) is 0 Å². The standard InChI is InChI=1S/C15H16IN3/c1-19(17)18-15(13-10-6-3-7-11-13)14(16)12-8-4-2-5-9-12/h2-11,14H,17H2,1H3/b18-15-. The van der Waals surface area contributed by atoms with Crippen LogP contribution in [-0.4, -0.2) is 17.9 Å². The average Bonchev–Trinajstić information content (AvgIpc) is 2.46. The summed E-state index contributed by atoms with van der Waals surface area (Å²) in [6.07, 6.45) is 0. The zero-order valence-electron chi connectivity index (χ0n) is 10.7. The summed E-state index contributed by atoms with van der Waals surface area (Å²) in [5.74, 6) is 5.69. The van der Waals surface area contributed by atoms with E-state index in [9.17, 15) is 0 Å². The second-order valence-electron chi connectivity index (χ2n) is 4.20. The highest BCUT2D eigenvalue weighted by atomic mass is 127. The van der Waals surface area contributed by atoms with Crippen LogP contribution in [0.3, 0.4) is 0 Å². The summed E-state index contributed by atoms with van der Waals surface area (Å²) in [6, 6.07) is 20.4. The van der Waals surface area contributed by atoms with E-state index >= 15 is 0 Å². The molecule has 98 valence electrons. The van der Waals surface area contributed by atoms with Gasteiger partial charge in [-0.1, -0.05) is 83.3 Å². The van der Waals surface area contributed by atoms with Crippen molar-refractivity contribution in [3.8, 4) is 0 Å². The molecule has 2 aromatic rings. The van der Waals surface area contributed by atoms with Gasteiger partial charge in [0.2, 0.25) is 0 Å². The van der Waals surface area contributed by atoms with E-state index in [2.05, 4.69) is 52.0 Å². The number of rotatable bonds is 4. The van der Waals surface area contributed by atoms with E-state index in [0.29, 0.717) is 0 Å². The first-order valence-electron chi connectivity index (χ1n) is 6.00. The molecule has 0 saturated heterocycles. The predicted molar refractivity (Wildman–Crippen MR) is 88.1 cm³/mol. The molecule has 0 aliphatic carbocycles. The number of nitrogens with zero attached hydrogens (tertiary/aromatic N) is 2. The lowest BCUT2D eigenvalue weighted by molar-refractivity contribution is 0.371. The van der Waals surface area contributed by atoms with Gasteiger partial charge in [0.15, 0.2) is 0 Å². The van der Waals surface area contributed by atoms with Gasteiger partial charge in [-0.15, -0.1) is 0 Å². The molecule has 0 spiro atoms. The van der Waals surface area contributed by atoms with E-state index in [-0.39, 0.29) is 3.92 Å². The number of hydrogen-bond acceptors (Lipinski definition) is 3. The Kier molecular flexibility index (Phi) is 4.93. The van der Waals surface area contributed by atoms with Crippen LogP contribution in [0.2, 0.25) is 0 Å². The van der Waals surface area contributed by atoms with Gasteiger partial charge in [-0.2, -0.15) is 5.10 Å². The Labute approximate surface area is 127 Å². The van der Waals surface area contributed by atoms with Crippen molar-refractivity contribution in [2.24, 2.45) is 10.9 Å². The van der Waals surface area contributed by atoms with Crippen LogP contribution in [0, 0.1) is 0 Å². The molecule has 1 unspecified atom stereocenters. The molecule has 2 rings (SSSR count). The van der Waals surface area contributed by atoms with Crippen molar-refractivity contribution in [1.29, 1.82) is 0 Å². The molecular formula is C15H16IN3. The van der Waals surface area contributed by atoms with E-state index in [0.717, 1.165) is 11.3 Å². The number of hydrazine groups is 1. The fourth-order valence-electron chi connectivity index (χ4n) is 1.81. The zero-order chi connectivity index (χ0) is 13.7. The Balaban J connectivity index is 2.40. The van der Waals surface area contributed by atoms with E-state index < -0.39 is 0 Å². The molecule has 0 aliphatic rings. The molecule has 0 aromatic heterocycles. The van der Waals surface area contributed by atoms with E-state index in [1.807, 2.05) is 36.4 Å². The number of nitrogens with two attached hydrogens (primary N) is 1. The average molecular weight is 365 g/mol. The van der Waals surface area contributed by atoms with Crippen LogP contribution in [0.5, 0.6) is 0 Å². The molecular weight excluding hydrogens is 349 g/mol. The number of hydrazone groups is 1. The van der Waals surface area contributed by atoms with Crippen molar-refractivity contribution >= 4 is 28.3 Å². The molecule has 0 saturated carbocycles. The first-order chi connectivity index (χ1) is 9.18. The van der Waals surface area contributed by atoms with Crippen molar-refractivity contribution in [1.82, 2.24) is 5.12 Å². The second kappa shape index (κ2) is 6.68. The molecule has 0 bridgehead atoms. The van der Waals surface area contributed by atoms with Crippen molar-refractivity contribution in [2.75, 3.05) is 7.05 Å². The van der Waals surface area contributed by atoms with Crippen LogP contribution in [-0.2, 0) is 0 Å². The Morgan fingerprint density at radius 1 is 1.05 bits per heavy atom. The van der Waals surface area contributed by atoms with Crippen molar-refractivity contribution in [2.45, 2.75) is 3.92 Å². The summed E-state index contributed by atoms with van der Waals surface area (Å²) >= 11 is 2.39. The van der Waals surface area contributed by atoms with Crippen LogP contribution in [0.1, 0.15) is 15.1 Å². The summed E-state index contributed by atoms with van der Waals surface area (Å²) in [4.78, 5) is 0. The van der Waals surface area contributed by atoms with Gasteiger partial charge in [-0.05, 0) is 11.1 Å². The van der Waals surface area contributed by atoms with Crippen LogP contribution in [0.4, 0.5) is 0 Å². The second-order valence-corrected chi connectivity index (χ2v) is 5.44. The lowest BCUT2D eigenvalue weighted by Gasteiger charge is -2.16. The molecule has 3 nitrogen and oxygen atoms in total. The molecule has 0 amide bonds. The molecule has 2 N–H and O–H groups in total. The summed E-state index contributed by atoms with van der Waals surface area (Å²) in [5, 5.41) is 5.80. The zero-order valence-corrected chi connectivity index (χ0v) is 12.9. The van der Waals surface area contributed by atoms with Crippen molar-refractivity contribution < 1.29 is 0 Å². The number of hydrogen-bond donors (Lipinski definition) is 1. The fourth-order valence-corrected chi connectivity index (χ4v) is 2.71. The van der Waals surface area contributed by atoms with Gasteiger partial charge in [-0.25, -0.2) is 11.0 Å². The van der Waals surface area contributed by atoms with Gasteiger partial charge in [0.05, 0.1) is 9.64 Å². The van der Waals surface area contributed by atoms with E-state index in [4.69, 9.17) is 5.84 Å². The van der Waals surface area contributed by atoms with Gasteiger partial charge in [0, 0.05) is 7.05 Å². The highest BCUT2D eigenvalue weighted by molar-refractivity contribution is 14.1. The maximum absolute atomic E-state index is 5.69. The third kappa shape index (κ3) is 3.78.